The molecule has 1 aromatic heterocycles. The SMILES string of the molecule is N#Cc1ccc2cc(C(=O)O)n(Cc3cccc(C(N)=O)c3)c2c1. The van der Waals surface area contributed by atoms with Crippen LogP contribution in [0.5, 0.6) is 0 Å². The van der Waals surface area contributed by atoms with Crippen LogP contribution in [-0.4, -0.2) is 21.6 Å². The third kappa shape index (κ3) is 2.71. The van der Waals surface area contributed by atoms with E-state index in [1.54, 1.807) is 53.1 Å². The van der Waals surface area contributed by atoms with Crippen LogP contribution in [0, 0.1) is 11.3 Å². The Morgan fingerprint density at radius 2 is 1.96 bits per heavy atom. The Hall–Kier alpha value is -3.59. The van der Waals surface area contributed by atoms with E-state index in [1.807, 2.05) is 0 Å². The van der Waals surface area contributed by atoms with Gasteiger partial charge in [0, 0.05) is 17.5 Å². The fourth-order valence-electron chi connectivity index (χ4n) is 2.68. The first-order valence-electron chi connectivity index (χ1n) is 7.15. The predicted molar refractivity (Wildman–Crippen MR) is 87.7 cm³/mol. The van der Waals surface area contributed by atoms with E-state index in [2.05, 4.69) is 6.07 Å². The molecule has 3 aromatic rings. The highest BCUT2D eigenvalue weighted by molar-refractivity contribution is 5.95. The second-order valence-corrected chi connectivity index (χ2v) is 5.37. The van der Waals surface area contributed by atoms with E-state index in [1.165, 1.54) is 0 Å². The number of carboxylic acids is 1. The molecule has 0 aliphatic carbocycles. The summed E-state index contributed by atoms with van der Waals surface area (Å²) in [6.07, 6.45) is 0. The maximum Gasteiger partial charge on any atom is 0.352 e. The molecule has 0 atom stereocenters. The number of rotatable bonds is 4. The topological polar surface area (TPSA) is 109 Å². The van der Waals surface area contributed by atoms with Crippen molar-refractivity contribution in [2.24, 2.45) is 5.73 Å². The first kappa shape index (κ1) is 15.3. The molecule has 6 nitrogen and oxygen atoms in total. The van der Waals surface area contributed by atoms with Crippen molar-refractivity contribution in [3.05, 3.63) is 70.9 Å². The second-order valence-electron chi connectivity index (χ2n) is 5.37. The summed E-state index contributed by atoms with van der Waals surface area (Å²) in [7, 11) is 0. The molecule has 6 heteroatoms. The highest BCUT2D eigenvalue weighted by Gasteiger charge is 2.15. The molecule has 0 bridgehead atoms. The number of fused-ring (bicyclic) bond motifs is 1. The zero-order valence-electron chi connectivity index (χ0n) is 12.6. The summed E-state index contributed by atoms with van der Waals surface area (Å²) in [5.74, 6) is -1.60. The van der Waals surface area contributed by atoms with Crippen molar-refractivity contribution in [3.8, 4) is 6.07 Å². The molecule has 1 amide bonds. The van der Waals surface area contributed by atoms with Gasteiger partial charge in [0.2, 0.25) is 5.91 Å². The Morgan fingerprint density at radius 3 is 2.62 bits per heavy atom. The number of hydrogen-bond donors (Lipinski definition) is 2. The number of nitrogens with zero attached hydrogens (tertiary/aromatic N) is 2. The molecular formula is C18H13N3O3. The molecule has 0 unspecified atom stereocenters. The average molecular weight is 319 g/mol. The number of primary amides is 1. The van der Waals surface area contributed by atoms with E-state index in [0.29, 0.717) is 16.6 Å². The number of benzene rings is 2. The fraction of sp³-hybridized carbons (Fsp3) is 0.0556. The summed E-state index contributed by atoms with van der Waals surface area (Å²) < 4.78 is 1.61. The van der Waals surface area contributed by atoms with Gasteiger partial charge in [0.15, 0.2) is 0 Å². The average Bonchev–Trinajstić information content (AvgIpc) is 2.93. The molecular weight excluding hydrogens is 306 g/mol. The number of aromatic nitrogens is 1. The molecule has 24 heavy (non-hydrogen) atoms. The van der Waals surface area contributed by atoms with E-state index < -0.39 is 11.9 Å². The van der Waals surface area contributed by atoms with Gasteiger partial charge in [0.05, 0.1) is 17.1 Å². The van der Waals surface area contributed by atoms with E-state index in [9.17, 15) is 14.7 Å². The lowest BCUT2D eigenvalue weighted by molar-refractivity contribution is 0.0686. The second kappa shape index (κ2) is 5.89. The van der Waals surface area contributed by atoms with Crippen LogP contribution in [0.2, 0.25) is 0 Å². The molecule has 118 valence electrons. The maximum atomic E-state index is 11.6. The molecule has 0 aliphatic rings. The zero-order valence-corrected chi connectivity index (χ0v) is 12.6. The van der Waals surface area contributed by atoms with Crippen LogP contribution in [0.1, 0.15) is 32.0 Å². The molecule has 3 N–H and O–H groups in total. The number of carbonyl (C=O) groups is 2. The molecule has 0 fully saturated rings. The largest absolute Gasteiger partial charge is 0.477 e. The van der Waals surface area contributed by atoms with Crippen molar-refractivity contribution >= 4 is 22.8 Å². The molecule has 0 spiro atoms. The van der Waals surface area contributed by atoms with Gasteiger partial charge in [-0.05, 0) is 35.9 Å². The summed E-state index contributed by atoms with van der Waals surface area (Å²) in [6, 6.07) is 15.4. The lowest BCUT2D eigenvalue weighted by Crippen LogP contribution is -2.13. The minimum atomic E-state index is -1.06. The van der Waals surface area contributed by atoms with Gasteiger partial charge in [-0.1, -0.05) is 18.2 Å². The molecule has 0 radical (unpaired) electrons. The van der Waals surface area contributed by atoms with E-state index in [-0.39, 0.29) is 12.2 Å². The fourth-order valence-corrected chi connectivity index (χ4v) is 2.68. The van der Waals surface area contributed by atoms with Gasteiger partial charge in [-0.2, -0.15) is 5.26 Å². The first-order chi connectivity index (χ1) is 11.5. The number of carboxylic acid groups (broad SMARTS) is 1. The standard InChI is InChI=1S/C18H13N3O3/c19-9-11-4-5-13-8-16(18(23)24)21(15(13)7-11)10-12-2-1-3-14(6-12)17(20)22/h1-8H,10H2,(H2,20,22)(H,23,24). The van der Waals surface area contributed by atoms with Gasteiger partial charge in [-0.3, -0.25) is 4.79 Å². The number of nitrogens with two attached hydrogens (primary N) is 1. The van der Waals surface area contributed by atoms with Gasteiger partial charge in [0.25, 0.3) is 0 Å². The van der Waals surface area contributed by atoms with Gasteiger partial charge in [-0.25, -0.2) is 4.79 Å². The summed E-state index contributed by atoms with van der Waals surface area (Å²) in [6.45, 7) is 0.251. The Balaban J connectivity index is 2.15. The van der Waals surface area contributed by atoms with Crippen LogP contribution in [0.3, 0.4) is 0 Å². The maximum absolute atomic E-state index is 11.6. The van der Waals surface area contributed by atoms with Crippen molar-refractivity contribution < 1.29 is 14.7 Å². The summed E-state index contributed by atoms with van der Waals surface area (Å²) in [5.41, 5.74) is 7.60. The normalized spacial score (nSPS) is 10.5. The quantitative estimate of drug-likeness (QED) is 0.769. The number of carbonyl (C=O) groups excluding carboxylic acids is 1. The first-order valence-corrected chi connectivity index (χ1v) is 7.15. The number of hydrogen-bond acceptors (Lipinski definition) is 3. The van der Waals surface area contributed by atoms with Crippen molar-refractivity contribution in [2.45, 2.75) is 6.54 Å². The molecule has 0 aliphatic heterocycles. The third-order valence-electron chi connectivity index (χ3n) is 3.80. The lowest BCUT2D eigenvalue weighted by atomic mass is 10.1. The Kier molecular flexibility index (Phi) is 3.76. The summed E-state index contributed by atoms with van der Waals surface area (Å²) in [4.78, 5) is 22.9. The van der Waals surface area contributed by atoms with E-state index >= 15 is 0 Å². The number of amides is 1. The monoisotopic (exact) mass is 319 g/mol. The summed E-state index contributed by atoms with van der Waals surface area (Å²) in [5, 5.41) is 19.3. The van der Waals surface area contributed by atoms with Crippen LogP contribution in [0.4, 0.5) is 0 Å². The van der Waals surface area contributed by atoms with Gasteiger partial charge in [-0.15, -0.1) is 0 Å². The van der Waals surface area contributed by atoms with Crippen LogP contribution < -0.4 is 5.73 Å². The Morgan fingerprint density at radius 1 is 1.17 bits per heavy atom. The van der Waals surface area contributed by atoms with Crippen molar-refractivity contribution in [1.29, 1.82) is 5.26 Å². The highest BCUT2D eigenvalue weighted by Crippen LogP contribution is 2.23. The molecule has 0 saturated carbocycles. The zero-order chi connectivity index (χ0) is 17.3. The lowest BCUT2D eigenvalue weighted by Gasteiger charge is -2.09. The predicted octanol–water partition coefficient (Wildman–Crippen LogP) is 2.36. The Bertz CT molecular complexity index is 1010. The van der Waals surface area contributed by atoms with Crippen LogP contribution in [0.25, 0.3) is 10.9 Å². The summed E-state index contributed by atoms with van der Waals surface area (Å²) >= 11 is 0. The van der Waals surface area contributed by atoms with E-state index in [0.717, 1.165) is 10.9 Å². The Labute approximate surface area is 137 Å². The molecule has 2 aromatic carbocycles. The van der Waals surface area contributed by atoms with Crippen molar-refractivity contribution in [2.75, 3.05) is 0 Å². The minimum Gasteiger partial charge on any atom is -0.477 e. The number of nitriles is 1. The highest BCUT2D eigenvalue weighted by atomic mass is 16.4. The molecule has 3 rings (SSSR count). The van der Waals surface area contributed by atoms with Crippen molar-refractivity contribution in [1.82, 2.24) is 4.57 Å². The van der Waals surface area contributed by atoms with Crippen LogP contribution >= 0.6 is 0 Å². The van der Waals surface area contributed by atoms with Gasteiger partial charge >= 0.3 is 5.97 Å². The van der Waals surface area contributed by atoms with E-state index in [4.69, 9.17) is 11.0 Å². The minimum absolute atomic E-state index is 0.115. The van der Waals surface area contributed by atoms with Crippen molar-refractivity contribution in [3.63, 3.8) is 0 Å². The smallest absolute Gasteiger partial charge is 0.352 e. The third-order valence-corrected chi connectivity index (χ3v) is 3.80. The van der Waals surface area contributed by atoms with Gasteiger partial charge < -0.3 is 15.4 Å². The van der Waals surface area contributed by atoms with Gasteiger partial charge in [0.1, 0.15) is 5.69 Å². The van der Waals surface area contributed by atoms with Crippen LogP contribution in [-0.2, 0) is 6.54 Å². The van der Waals surface area contributed by atoms with Crippen LogP contribution in [0.15, 0.2) is 48.5 Å². The molecule has 0 saturated heterocycles. The molecule has 1 heterocycles. The number of aromatic carboxylic acids is 1.